The maximum absolute atomic E-state index is 13.1. The molecule has 39 heavy (non-hydrogen) atoms. The van der Waals surface area contributed by atoms with Crippen molar-refractivity contribution in [2.24, 2.45) is 10.7 Å². The Morgan fingerprint density at radius 3 is 2.36 bits per heavy atom. The molecule has 4 rings (SSSR count). The molecule has 202 valence electrons. The van der Waals surface area contributed by atoms with Gasteiger partial charge in [-0.15, -0.1) is 0 Å². The minimum Gasteiger partial charge on any atom is -0.444 e. The average Bonchev–Trinajstić information content (AvgIpc) is 3.22. The van der Waals surface area contributed by atoms with Gasteiger partial charge in [0.15, 0.2) is 0 Å². The summed E-state index contributed by atoms with van der Waals surface area (Å²) in [4.78, 5) is 40.8. The molecule has 1 atom stereocenters. The molecular formula is C29H31N5O5. The highest BCUT2D eigenvalue weighted by Crippen LogP contribution is 2.38. The van der Waals surface area contributed by atoms with E-state index in [9.17, 15) is 19.7 Å². The summed E-state index contributed by atoms with van der Waals surface area (Å²) in [5.74, 6) is -1.14. The van der Waals surface area contributed by atoms with Gasteiger partial charge in [-0.05, 0) is 62.1 Å². The number of nitro benzene ring substituents is 1. The van der Waals surface area contributed by atoms with Gasteiger partial charge in [0.25, 0.3) is 5.69 Å². The highest BCUT2D eigenvalue weighted by molar-refractivity contribution is 6.24. The topological polar surface area (TPSA) is 149 Å². The van der Waals surface area contributed by atoms with Gasteiger partial charge in [0.2, 0.25) is 5.91 Å². The van der Waals surface area contributed by atoms with Crippen molar-refractivity contribution in [3.63, 3.8) is 0 Å². The van der Waals surface area contributed by atoms with Crippen LogP contribution in [0.5, 0.6) is 0 Å². The summed E-state index contributed by atoms with van der Waals surface area (Å²) in [5.41, 5.74) is 9.82. The Kier molecular flexibility index (Phi) is 8.06. The number of nitrogens with one attached hydrogen (secondary N) is 2. The lowest BCUT2D eigenvalue weighted by atomic mass is 9.90. The molecule has 10 heteroatoms. The van der Waals surface area contributed by atoms with Crippen molar-refractivity contribution in [1.29, 1.82) is 0 Å². The van der Waals surface area contributed by atoms with Gasteiger partial charge >= 0.3 is 6.09 Å². The van der Waals surface area contributed by atoms with Crippen molar-refractivity contribution < 1.29 is 19.2 Å². The molecule has 0 saturated heterocycles. The smallest absolute Gasteiger partial charge is 0.407 e. The van der Waals surface area contributed by atoms with Crippen LogP contribution in [0.4, 0.5) is 21.9 Å². The van der Waals surface area contributed by atoms with Crippen LogP contribution in [0.1, 0.15) is 48.9 Å². The Hall–Kier alpha value is -4.57. The van der Waals surface area contributed by atoms with Gasteiger partial charge in [-0.3, -0.25) is 19.9 Å². The molecule has 0 saturated carbocycles. The quantitative estimate of drug-likeness (QED) is 0.213. The summed E-state index contributed by atoms with van der Waals surface area (Å²) in [6.45, 7) is 6.20. The average molecular weight is 530 g/mol. The van der Waals surface area contributed by atoms with E-state index in [0.717, 1.165) is 11.1 Å². The van der Waals surface area contributed by atoms with Gasteiger partial charge in [-0.2, -0.15) is 0 Å². The molecule has 10 nitrogen and oxygen atoms in total. The van der Waals surface area contributed by atoms with E-state index in [1.807, 2.05) is 69.3 Å². The molecule has 0 radical (unpaired) electrons. The predicted octanol–water partition coefficient (Wildman–Crippen LogP) is 4.98. The van der Waals surface area contributed by atoms with Crippen LogP contribution in [0.2, 0.25) is 0 Å². The molecule has 4 N–H and O–H groups in total. The summed E-state index contributed by atoms with van der Waals surface area (Å²) in [6.07, 6.45) is 0.128. The van der Waals surface area contributed by atoms with E-state index in [2.05, 4.69) is 10.6 Å². The van der Waals surface area contributed by atoms with Gasteiger partial charge in [-0.1, -0.05) is 36.4 Å². The highest BCUT2D eigenvalue weighted by atomic mass is 16.6. The second-order valence-electron chi connectivity index (χ2n) is 10.2. The molecule has 3 aromatic carbocycles. The second-order valence-corrected chi connectivity index (χ2v) is 10.2. The van der Waals surface area contributed by atoms with E-state index in [1.165, 1.54) is 12.1 Å². The second kappa shape index (κ2) is 11.4. The summed E-state index contributed by atoms with van der Waals surface area (Å²) in [7, 11) is 0. The lowest BCUT2D eigenvalue weighted by Gasteiger charge is -2.19. The third-order valence-corrected chi connectivity index (χ3v) is 6.10. The Morgan fingerprint density at radius 2 is 1.74 bits per heavy atom. The molecule has 0 fully saturated rings. The first-order valence-corrected chi connectivity index (χ1v) is 12.6. The van der Waals surface area contributed by atoms with Crippen molar-refractivity contribution in [3.8, 4) is 0 Å². The Morgan fingerprint density at radius 1 is 1.08 bits per heavy atom. The number of alkyl carbamates (subject to hydrolysis) is 1. The van der Waals surface area contributed by atoms with Crippen LogP contribution in [-0.2, 0) is 22.5 Å². The van der Waals surface area contributed by atoms with E-state index in [1.54, 1.807) is 6.07 Å². The Bertz CT molecular complexity index is 1410. The van der Waals surface area contributed by atoms with Crippen molar-refractivity contribution in [2.45, 2.75) is 45.3 Å². The van der Waals surface area contributed by atoms with E-state index in [4.69, 9.17) is 15.5 Å². The summed E-state index contributed by atoms with van der Waals surface area (Å²) < 4.78 is 5.25. The molecule has 1 aliphatic rings. The number of benzene rings is 3. The van der Waals surface area contributed by atoms with Gasteiger partial charge in [0.05, 0.1) is 16.3 Å². The number of hydrogen-bond donors (Lipinski definition) is 3. The lowest BCUT2D eigenvalue weighted by molar-refractivity contribution is -0.384. The number of carbonyl (C=O) groups is 2. The third-order valence-electron chi connectivity index (χ3n) is 6.10. The van der Waals surface area contributed by atoms with Crippen molar-refractivity contribution >= 4 is 34.8 Å². The van der Waals surface area contributed by atoms with E-state index in [-0.39, 0.29) is 11.6 Å². The Balaban J connectivity index is 1.62. The van der Waals surface area contributed by atoms with E-state index in [0.29, 0.717) is 47.7 Å². The van der Waals surface area contributed by atoms with Gasteiger partial charge in [0, 0.05) is 36.5 Å². The SMILES string of the molecule is CC(C)(C)OC(=O)NCCc1ccc(N=C(c2ccc(CN)cc2)C2C(=O)Nc3ccc([N+](=O)[O-])cc32)cc1. The standard InChI is InChI=1S/C29H31N5O5/c1-29(2,3)39-28(36)31-15-14-18-6-10-21(11-7-18)32-26(20-8-4-19(17-30)5-9-20)25-23-16-22(34(37)38)12-13-24(23)33-27(25)35/h4-13,16,25H,14-15,17,30H2,1-3H3,(H,31,36)(H,33,35). The molecule has 0 spiro atoms. The molecule has 1 aliphatic heterocycles. The first-order valence-electron chi connectivity index (χ1n) is 12.6. The van der Waals surface area contributed by atoms with Crippen LogP contribution in [0.3, 0.4) is 0 Å². The number of carbonyl (C=O) groups excluding carboxylic acids is 2. The number of ether oxygens (including phenoxy) is 1. The largest absolute Gasteiger partial charge is 0.444 e. The van der Waals surface area contributed by atoms with Crippen LogP contribution in [0.25, 0.3) is 0 Å². The van der Waals surface area contributed by atoms with Crippen LogP contribution in [0.15, 0.2) is 71.7 Å². The predicted molar refractivity (Wildman–Crippen MR) is 149 cm³/mol. The number of rotatable bonds is 8. The number of anilines is 1. The van der Waals surface area contributed by atoms with E-state index >= 15 is 0 Å². The first kappa shape index (κ1) is 27.5. The molecule has 2 amide bonds. The summed E-state index contributed by atoms with van der Waals surface area (Å²) in [6, 6.07) is 19.2. The maximum Gasteiger partial charge on any atom is 0.407 e. The molecular weight excluding hydrogens is 498 g/mol. The van der Waals surface area contributed by atoms with E-state index < -0.39 is 22.5 Å². The van der Waals surface area contributed by atoms with Crippen molar-refractivity contribution in [1.82, 2.24) is 5.32 Å². The van der Waals surface area contributed by atoms with Crippen LogP contribution >= 0.6 is 0 Å². The first-order chi connectivity index (χ1) is 18.5. The van der Waals surface area contributed by atoms with Crippen molar-refractivity contribution in [3.05, 3.63) is 99.1 Å². The fourth-order valence-corrected chi connectivity index (χ4v) is 4.24. The number of hydrogen-bond acceptors (Lipinski definition) is 7. The monoisotopic (exact) mass is 529 g/mol. The zero-order chi connectivity index (χ0) is 28.2. The minimum atomic E-state index is -0.832. The number of nitro groups is 1. The van der Waals surface area contributed by atoms with Crippen LogP contribution < -0.4 is 16.4 Å². The molecule has 1 unspecified atom stereocenters. The molecule has 1 heterocycles. The number of amides is 2. The molecule has 0 aromatic heterocycles. The van der Waals surface area contributed by atoms with Crippen molar-refractivity contribution in [2.75, 3.05) is 11.9 Å². The Labute approximate surface area is 226 Å². The number of nitrogens with two attached hydrogens (primary N) is 1. The fraction of sp³-hybridized carbons (Fsp3) is 0.276. The number of fused-ring (bicyclic) bond motifs is 1. The lowest BCUT2D eigenvalue weighted by Crippen LogP contribution is -2.33. The molecule has 0 bridgehead atoms. The summed E-state index contributed by atoms with van der Waals surface area (Å²) >= 11 is 0. The van der Waals surface area contributed by atoms with Gasteiger partial charge in [0.1, 0.15) is 11.5 Å². The zero-order valence-electron chi connectivity index (χ0n) is 22.1. The number of nitrogens with zero attached hydrogens (tertiary/aromatic N) is 2. The van der Waals surface area contributed by atoms with Crippen LogP contribution in [-0.4, -0.2) is 34.8 Å². The normalized spacial score (nSPS) is 14.9. The number of aliphatic imine (C=N–C) groups is 1. The zero-order valence-corrected chi connectivity index (χ0v) is 22.1. The maximum atomic E-state index is 13.1. The van der Waals surface area contributed by atoms with Gasteiger partial charge < -0.3 is 21.1 Å². The highest BCUT2D eigenvalue weighted by Gasteiger charge is 2.36. The minimum absolute atomic E-state index is 0.0996. The third kappa shape index (κ3) is 6.85. The molecule has 0 aliphatic carbocycles. The van der Waals surface area contributed by atoms with Crippen LogP contribution in [0, 0.1) is 10.1 Å². The molecule has 3 aromatic rings. The number of non-ortho nitro benzene ring substituents is 1. The van der Waals surface area contributed by atoms with Gasteiger partial charge in [-0.25, -0.2) is 4.79 Å². The summed E-state index contributed by atoms with van der Waals surface area (Å²) in [5, 5.41) is 17.0. The fourth-order valence-electron chi connectivity index (χ4n) is 4.24.